The van der Waals surface area contributed by atoms with Crippen LogP contribution in [-0.4, -0.2) is 16.2 Å². The lowest BCUT2D eigenvalue weighted by Gasteiger charge is -2.48. The Hall–Kier alpha value is -0.0800. The van der Waals surface area contributed by atoms with E-state index in [0.29, 0.717) is 0 Å². The zero-order valence-electron chi connectivity index (χ0n) is 10.5. The third kappa shape index (κ3) is 2.43. The van der Waals surface area contributed by atoms with Crippen LogP contribution in [0.25, 0.3) is 0 Å². The van der Waals surface area contributed by atoms with Crippen molar-refractivity contribution in [2.45, 2.75) is 88.2 Å². The molecular weight excluding hydrogens is 198 g/mol. The molecule has 0 spiro atoms. The fraction of sp³-hybridized carbons (Fsp3) is 1.00. The van der Waals surface area contributed by atoms with Gasteiger partial charge in [0.25, 0.3) is 0 Å². The maximum absolute atomic E-state index is 10.8. The summed E-state index contributed by atoms with van der Waals surface area (Å²) in [7, 11) is 0. The standard InChI is InChI=1S/C14H27NO/c15-13(9-5-2-1-3-6-10-13)14(16)11-7-4-8-12-14/h16H,1-12,15H2. The molecule has 3 N–H and O–H groups in total. The SMILES string of the molecule is NC1(C2(O)CCCCC2)CCCCCCC1. The van der Waals surface area contributed by atoms with Crippen LogP contribution < -0.4 is 5.73 Å². The van der Waals surface area contributed by atoms with E-state index in [1.54, 1.807) is 0 Å². The fourth-order valence-electron chi connectivity index (χ4n) is 3.64. The highest BCUT2D eigenvalue weighted by molar-refractivity contribution is 5.04. The molecule has 2 aliphatic carbocycles. The van der Waals surface area contributed by atoms with Gasteiger partial charge in [0, 0.05) is 5.54 Å². The molecule has 2 nitrogen and oxygen atoms in total. The topological polar surface area (TPSA) is 46.2 Å². The summed E-state index contributed by atoms with van der Waals surface area (Å²) in [5.74, 6) is 0. The van der Waals surface area contributed by atoms with Crippen LogP contribution in [0.5, 0.6) is 0 Å². The molecule has 0 aromatic rings. The van der Waals surface area contributed by atoms with E-state index >= 15 is 0 Å². The van der Waals surface area contributed by atoms with E-state index in [1.165, 1.54) is 38.5 Å². The third-order valence-electron chi connectivity index (χ3n) is 4.85. The molecule has 0 amide bonds. The van der Waals surface area contributed by atoms with Gasteiger partial charge in [0.1, 0.15) is 0 Å². The molecule has 0 atom stereocenters. The van der Waals surface area contributed by atoms with Gasteiger partial charge in [0.15, 0.2) is 0 Å². The molecule has 0 saturated heterocycles. The molecule has 0 aromatic heterocycles. The molecule has 16 heavy (non-hydrogen) atoms. The van der Waals surface area contributed by atoms with E-state index in [-0.39, 0.29) is 5.54 Å². The normalized spacial score (nSPS) is 30.4. The Morgan fingerprint density at radius 3 is 1.56 bits per heavy atom. The predicted octanol–water partition coefficient (Wildman–Crippen LogP) is 3.12. The van der Waals surface area contributed by atoms with Gasteiger partial charge in [0.05, 0.1) is 5.60 Å². The molecule has 2 aliphatic rings. The molecule has 0 heterocycles. The van der Waals surface area contributed by atoms with Gasteiger partial charge in [-0.15, -0.1) is 0 Å². The van der Waals surface area contributed by atoms with Crippen LogP contribution in [0.15, 0.2) is 0 Å². The van der Waals surface area contributed by atoms with Crippen LogP contribution in [0.3, 0.4) is 0 Å². The Bertz CT molecular complexity index is 213. The second-order valence-electron chi connectivity index (χ2n) is 6.02. The molecule has 0 unspecified atom stereocenters. The average molecular weight is 225 g/mol. The smallest absolute Gasteiger partial charge is 0.0826 e. The fourth-order valence-corrected chi connectivity index (χ4v) is 3.64. The molecule has 2 fully saturated rings. The largest absolute Gasteiger partial charge is 0.388 e. The third-order valence-corrected chi connectivity index (χ3v) is 4.85. The van der Waals surface area contributed by atoms with Crippen molar-refractivity contribution in [3.8, 4) is 0 Å². The summed E-state index contributed by atoms with van der Waals surface area (Å²) >= 11 is 0. The number of rotatable bonds is 1. The van der Waals surface area contributed by atoms with Crippen molar-refractivity contribution in [3.05, 3.63) is 0 Å². The summed E-state index contributed by atoms with van der Waals surface area (Å²) in [6.45, 7) is 0. The van der Waals surface area contributed by atoms with Crippen molar-refractivity contribution in [1.29, 1.82) is 0 Å². The van der Waals surface area contributed by atoms with Gasteiger partial charge < -0.3 is 10.8 Å². The van der Waals surface area contributed by atoms with Crippen LogP contribution >= 0.6 is 0 Å². The van der Waals surface area contributed by atoms with Crippen molar-refractivity contribution in [2.75, 3.05) is 0 Å². The Kier molecular flexibility index (Phi) is 3.91. The molecular formula is C14H27NO. The van der Waals surface area contributed by atoms with Crippen molar-refractivity contribution < 1.29 is 5.11 Å². The first-order valence-electron chi connectivity index (χ1n) is 7.18. The van der Waals surface area contributed by atoms with Gasteiger partial charge in [-0.3, -0.25) is 0 Å². The molecule has 0 bridgehead atoms. The summed E-state index contributed by atoms with van der Waals surface area (Å²) in [5, 5.41) is 10.8. The van der Waals surface area contributed by atoms with Crippen molar-refractivity contribution >= 4 is 0 Å². The maximum Gasteiger partial charge on any atom is 0.0826 e. The van der Waals surface area contributed by atoms with Gasteiger partial charge in [-0.1, -0.05) is 51.4 Å². The highest BCUT2D eigenvalue weighted by Gasteiger charge is 2.46. The lowest BCUT2D eigenvalue weighted by atomic mass is 9.66. The minimum atomic E-state index is -0.553. The summed E-state index contributed by atoms with van der Waals surface area (Å²) < 4.78 is 0. The molecule has 0 aliphatic heterocycles. The molecule has 0 aromatic carbocycles. The lowest BCUT2D eigenvalue weighted by molar-refractivity contribution is -0.0738. The van der Waals surface area contributed by atoms with E-state index in [4.69, 9.17) is 5.73 Å². The Morgan fingerprint density at radius 1 is 0.625 bits per heavy atom. The Morgan fingerprint density at radius 2 is 1.00 bits per heavy atom. The van der Waals surface area contributed by atoms with Crippen LogP contribution in [0, 0.1) is 0 Å². The van der Waals surface area contributed by atoms with Gasteiger partial charge in [-0.2, -0.15) is 0 Å². The van der Waals surface area contributed by atoms with Gasteiger partial charge in [0.2, 0.25) is 0 Å². The molecule has 94 valence electrons. The van der Waals surface area contributed by atoms with Crippen LogP contribution in [0.2, 0.25) is 0 Å². The van der Waals surface area contributed by atoms with Crippen molar-refractivity contribution in [1.82, 2.24) is 0 Å². The lowest BCUT2D eigenvalue weighted by Crippen LogP contribution is -2.61. The second-order valence-corrected chi connectivity index (χ2v) is 6.02. The van der Waals surface area contributed by atoms with E-state index in [9.17, 15) is 5.11 Å². The van der Waals surface area contributed by atoms with Crippen molar-refractivity contribution in [2.24, 2.45) is 5.73 Å². The average Bonchev–Trinajstić information content (AvgIpc) is 2.25. The highest BCUT2D eigenvalue weighted by atomic mass is 16.3. The van der Waals surface area contributed by atoms with Gasteiger partial charge in [-0.05, 0) is 25.7 Å². The first-order valence-corrected chi connectivity index (χ1v) is 7.18. The Labute approximate surface area is 99.6 Å². The maximum atomic E-state index is 10.8. The summed E-state index contributed by atoms with van der Waals surface area (Å²) in [6, 6.07) is 0. The minimum absolute atomic E-state index is 0.284. The Balaban J connectivity index is 2.06. The van der Waals surface area contributed by atoms with E-state index in [2.05, 4.69) is 0 Å². The summed E-state index contributed by atoms with van der Waals surface area (Å²) in [6.07, 6.45) is 13.9. The first kappa shape index (κ1) is 12.4. The number of hydrogen-bond acceptors (Lipinski definition) is 2. The predicted molar refractivity (Wildman–Crippen MR) is 67.3 cm³/mol. The molecule has 2 heteroatoms. The quantitative estimate of drug-likeness (QED) is 0.720. The monoisotopic (exact) mass is 225 g/mol. The molecule has 2 rings (SSSR count). The summed E-state index contributed by atoms with van der Waals surface area (Å²) in [4.78, 5) is 0. The number of nitrogens with two attached hydrogens (primary N) is 1. The minimum Gasteiger partial charge on any atom is -0.388 e. The van der Waals surface area contributed by atoms with E-state index < -0.39 is 5.60 Å². The number of aliphatic hydroxyl groups is 1. The van der Waals surface area contributed by atoms with Gasteiger partial charge >= 0.3 is 0 Å². The molecule has 2 saturated carbocycles. The zero-order valence-corrected chi connectivity index (χ0v) is 10.5. The summed E-state index contributed by atoms with van der Waals surface area (Å²) in [5.41, 5.74) is 5.75. The highest BCUT2D eigenvalue weighted by Crippen LogP contribution is 2.41. The van der Waals surface area contributed by atoms with Gasteiger partial charge in [-0.25, -0.2) is 0 Å². The van der Waals surface area contributed by atoms with E-state index in [1.807, 2.05) is 0 Å². The van der Waals surface area contributed by atoms with E-state index in [0.717, 1.165) is 38.5 Å². The van der Waals surface area contributed by atoms with Crippen LogP contribution in [0.4, 0.5) is 0 Å². The molecule has 0 radical (unpaired) electrons. The zero-order chi connectivity index (χ0) is 11.5. The van der Waals surface area contributed by atoms with Crippen LogP contribution in [0.1, 0.15) is 77.0 Å². The second kappa shape index (κ2) is 5.05. The number of hydrogen-bond donors (Lipinski definition) is 2. The van der Waals surface area contributed by atoms with Crippen LogP contribution in [-0.2, 0) is 0 Å². The van der Waals surface area contributed by atoms with Crippen molar-refractivity contribution in [3.63, 3.8) is 0 Å². The first-order chi connectivity index (χ1) is 7.66.